The zero-order chi connectivity index (χ0) is 9.94. The summed E-state index contributed by atoms with van der Waals surface area (Å²) in [7, 11) is -1.11. The van der Waals surface area contributed by atoms with Gasteiger partial charge in [-0.3, -0.25) is 0 Å². The van der Waals surface area contributed by atoms with Crippen molar-refractivity contribution in [3.63, 3.8) is 0 Å². The minimum Gasteiger partial charge on any atom is -0.346 e. The molecular weight excluding hydrogens is 167 g/mol. The quantitative estimate of drug-likeness (QED) is 0.468. The van der Waals surface area contributed by atoms with Crippen LogP contribution in [-0.2, 0) is 0 Å². The summed E-state index contributed by atoms with van der Waals surface area (Å²) in [6.45, 7) is 18.5. The van der Waals surface area contributed by atoms with Crippen LogP contribution < -0.4 is 18.9 Å². The van der Waals surface area contributed by atoms with Gasteiger partial charge in [-0.05, 0) is 0 Å². The average molecular weight is 192 g/mol. The molecular formula is C11H25LiSi. The molecule has 0 aromatic rings. The molecule has 13 heavy (non-hydrogen) atoms. The number of hydrogen-bond acceptors (Lipinski definition) is 0. The summed E-state index contributed by atoms with van der Waals surface area (Å²) in [4.78, 5) is 0. The molecule has 0 N–H and O–H groups in total. The van der Waals surface area contributed by atoms with Crippen LogP contribution in [0.3, 0.4) is 0 Å². The molecule has 0 aliphatic rings. The summed E-state index contributed by atoms with van der Waals surface area (Å²) in [5.41, 5.74) is 2.61. The maximum absolute atomic E-state index is 4.18. The molecule has 2 heteroatoms. The largest absolute Gasteiger partial charge is 1.00 e. The molecule has 0 nitrogen and oxygen atoms in total. The van der Waals surface area contributed by atoms with Crippen LogP contribution in [0.15, 0.2) is 0 Å². The SMILES string of the molecule is [CH2-]C[Si](C(C)C)(C(C)C)C(C)C.[Li+]. The van der Waals surface area contributed by atoms with Crippen molar-refractivity contribution in [2.24, 2.45) is 0 Å². The summed E-state index contributed by atoms with van der Waals surface area (Å²) in [6, 6.07) is 1.19. The minimum absolute atomic E-state index is 0. The van der Waals surface area contributed by atoms with E-state index in [0.29, 0.717) is 0 Å². The Morgan fingerprint density at radius 1 is 0.846 bits per heavy atom. The third kappa shape index (κ3) is 3.15. The zero-order valence-corrected chi connectivity index (χ0v) is 11.6. The van der Waals surface area contributed by atoms with Crippen molar-refractivity contribution in [2.75, 3.05) is 0 Å². The summed E-state index contributed by atoms with van der Waals surface area (Å²) in [5, 5.41) is 0. The molecule has 0 aromatic carbocycles. The summed E-state index contributed by atoms with van der Waals surface area (Å²) >= 11 is 0. The first kappa shape index (κ1) is 16.3. The van der Waals surface area contributed by atoms with Gasteiger partial charge in [0.25, 0.3) is 0 Å². The molecule has 0 aromatic heterocycles. The molecule has 0 atom stereocenters. The van der Waals surface area contributed by atoms with Gasteiger partial charge >= 0.3 is 18.9 Å². The average Bonchev–Trinajstić information content (AvgIpc) is 1.86. The maximum Gasteiger partial charge on any atom is 1.00 e. The van der Waals surface area contributed by atoms with Crippen LogP contribution in [0.2, 0.25) is 22.7 Å². The van der Waals surface area contributed by atoms with Crippen molar-refractivity contribution in [2.45, 2.75) is 64.2 Å². The molecule has 0 fully saturated rings. The van der Waals surface area contributed by atoms with E-state index in [1.807, 2.05) is 0 Å². The Hall–Kier alpha value is 0.814. The van der Waals surface area contributed by atoms with Crippen molar-refractivity contribution in [1.29, 1.82) is 0 Å². The van der Waals surface area contributed by atoms with Gasteiger partial charge in [-0.15, -0.1) is 0 Å². The Kier molecular flexibility index (Phi) is 7.91. The Balaban J connectivity index is 0. The monoisotopic (exact) mass is 192 g/mol. The topological polar surface area (TPSA) is 0 Å². The molecule has 0 aliphatic heterocycles. The zero-order valence-electron chi connectivity index (χ0n) is 10.6. The molecule has 0 heterocycles. The Labute approximate surface area is 98.1 Å². The van der Waals surface area contributed by atoms with Crippen molar-refractivity contribution in [3.8, 4) is 0 Å². The van der Waals surface area contributed by atoms with Gasteiger partial charge in [0.1, 0.15) is 0 Å². The van der Waals surface area contributed by atoms with E-state index < -0.39 is 8.07 Å². The second kappa shape index (κ2) is 6.33. The van der Waals surface area contributed by atoms with E-state index in [1.54, 1.807) is 0 Å². The van der Waals surface area contributed by atoms with Crippen molar-refractivity contribution in [3.05, 3.63) is 6.92 Å². The molecule has 0 saturated heterocycles. The van der Waals surface area contributed by atoms with E-state index in [1.165, 1.54) is 6.04 Å². The molecule has 0 rings (SSSR count). The molecule has 74 valence electrons. The van der Waals surface area contributed by atoms with Gasteiger partial charge < -0.3 is 6.92 Å². The van der Waals surface area contributed by atoms with Crippen LogP contribution in [0.4, 0.5) is 0 Å². The first-order valence-electron chi connectivity index (χ1n) is 5.18. The third-order valence-corrected chi connectivity index (χ3v) is 11.0. The van der Waals surface area contributed by atoms with Gasteiger partial charge in [0, 0.05) is 8.07 Å². The summed E-state index contributed by atoms with van der Waals surface area (Å²) in [6.07, 6.45) is 0. The van der Waals surface area contributed by atoms with Crippen LogP contribution in [-0.4, -0.2) is 8.07 Å². The third-order valence-electron chi connectivity index (χ3n) is 3.66. The van der Waals surface area contributed by atoms with Crippen LogP contribution in [0.25, 0.3) is 0 Å². The first-order valence-corrected chi connectivity index (χ1v) is 7.62. The van der Waals surface area contributed by atoms with E-state index in [0.717, 1.165) is 16.6 Å². The van der Waals surface area contributed by atoms with Gasteiger partial charge in [0.15, 0.2) is 0 Å². The standard InChI is InChI=1S/C11H25Si.Li/c1-8-12(9(2)3,10(4)5)11(6)7;/h9-11H,1,8H2,2-7H3;/q-1;+1. The predicted molar refractivity (Wildman–Crippen MR) is 61.2 cm³/mol. The second-order valence-electron chi connectivity index (χ2n) is 4.83. The van der Waals surface area contributed by atoms with E-state index in [9.17, 15) is 0 Å². The molecule has 0 aliphatic carbocycles. The minimum atomic E-state index is -1.11. The van der Waals surface area contributed by atoms with Crippen molar-refractivity contribution < 1.29 is 18.9 Å². The first-order chi connectivity index (χ1) is 5.39. The maximum atomic E-state index is 4.18. The van der Waals surface area contributed by atoms with E-state index >= 15 is 0 Å². The molecule has 0 bridgehead atoms. The molecule has 0 spiro atoms. The van der Waals surface area contributed by atoms with E-state index in [2.05, 4.69) is 48.5 Å². The van der Waals surface area contributed by atoms with Gasteiger partial charge in [0.05, 0.1) is 0 Å². The molecule has 0 radical (unpaired) electrons. The van der Waals surface area contributed by atoms with Crippen LogP contribution >= 0.6 is 0 Å². The van der Waals surface area contributed by atoms with Crippen LogP contribution in [0.5, 0.6) is 0 Å². The fraction of sp³-hybridized carbons (Fsp3) is 0.909. The van der Waals surface area contributed by atoms with Gasteiger partial charge in [-0.25, -0.2) is 0 Å². The van der Waals surface area contributed by atoms with Crippen LogP contribution in [0.1, 0.15) is 41.5 Å². The summed E-state index contributed by atoms with van der Waals surface area (Å²) < 4.78 is 0. The Morgan fingerprint density at radius 3 is 1.08 bits per heavy atom. The summed E-state index contributed by atoms with van der Waals surface area (Å²) in [5.74, 6) is 0. The van der Waals surface area contributed by atoms with E-state index in [-0.39, 0.29) is 18.9 Å². The van der Waals surface area contributed by atoms with Crippen molar-refractivity contribution in [1.82, 2.24) is 0 Å². The molecule has 0 unspecified atom stereocenters. The predicted octanol–water partition coefficient (Wildman–Crippen LogP) is 1.50. The van der Waals surface area contributed by atoms with E-state index in [4.69, 9.17) is 0 Å². The fourth-order valence-electron chi connectivity index (χ4n) is 2.87. The van der Waals surface area contributed by atoms with Gasteiger partial charge in [-0.1, -0.05) is 58.2 Å². The fourth-order valence-corrected chi connectivity index (χ4v) is 8.60. The smallest absolute Gasteiger partial charge is 0.346 e. The Bertz CT molecular complexity index is 108. The number of hydrogen-bond donors (Lipinski definition) is 0. The van der Waals surface area contributed by atoms with Gasteiger partial charge in [-0.2, -0.15) is 6.04 Å². The normalized spacial score (nSPS) is 12.5. The number of rotatable bonds is 4. The van der Waals surface area contributed by atoms with Gasteiger partial charge in [0.2, 0.25) is 0 Å². The molecule has 0 amide bonds. The van der Waals surface area contributed by atoms with Crippen LogP contribution in [0, 0.1) is 6.92 Å². The van der Waals surface area contributed by atoms with Crippen molar-refractivity contribution >= 4 is 8.07 Å². The molecule has 0 saturated carbocycles. The second-order valence-corrected chi connectivity index (χ2v) is 11.0. The Morgan fingerprint density at radius 2 is 1.08 bits per heavy atom.